The first-order chi connectivity index (χ1) is 16.6. The van der Waals surface area contributed by atoms with Crippen molar-refractivity contribution >= 4 is 40.9 Å². The Bertz CT molecular complexity index is 1220. The van der Waals surface area contributed by atoms with Crippen molar-refractivity contribution in [1.29, 1.82) is 5.26 Å². The molecular weight excluding hydrogens is 503 g/mol. The van der Waals surface area contributed by atoms with E-state index in [2.05, 4.69) is 11.9 Å². The fourth-order valence-corrected chi connectivity index (χ4v) is 4.80. The Labute approximate surface area is 209 Å². The third-order valence-electron chi connectivity index (χ3n) is 5.02. The molecule has 0 saturated carbocycles. The fraction of sp³-hybridized carbons (Fsp3) is 0.208. The highest BCUT2D eigenvalue weighted by atomic mass is 35.5. The van der Waals surface area contributed by atoms with Crippen LogP contribution < -0.4 is 15.0 Å². The minimum absolute atomic E-state index is 0.0670. The number of nitriles is 1. The van der Waals surface area contributed by atoms with Gasteiger partial charge in [0.05, 0.1) is 17.9 Å². The summed E-state index contributed by atoms with van der Waals surface area (Å²) in [4.78, 5) is 27.3. The summed E-state index contributed by atoms with van der Waals surface area (Å²) >= 11 is 7.06. The highest BCUT2D eigenvalue weighted by molar-refractivity contribution is 8.05. The van der Waals surface area contributed by atoms with Gasteiger partial charge in [-0.15, -0.1) is 6.58 Å². The first-order valence-electron chi connectivity index (χ1n) is 10.1. The van der Waals surface area contributed by atoms with E-state index in [0.717, 1.165) is 30.0 Å². The van der Waals surface area contributed by atoms with Crippen molar-refractivity contribution in [2.24, 2.45) is 0 Å². The molecule has 1 saturated heterocycles. The first-order valence-corrected chi connectivity index (χ1v) is 11.4. The normalized spacial score (nSPS) is 17.1. The predicted molar refractivity (Wildman–Crippen MR) is 128 cm³/mol. The summed E-state index contributed by atoms with van der Waals surface area (Å²) in [6.07, 6.45) is -3.29. The Balaban J connectivity index is 2.05. The molecule has 1 aliphatic heterocycles. The summed E-state index contributed by atoms with van der Waals surface area (Å²) < 4.78 is 44.8. The van der Waals surface area contributed by atoms with Crippen LogP contribution in [0.15, 0.2) is 65.7 Å². The van der Waals surface area contributed by atoms with Gasteiger partial charge in [-0.1, -0.05) is 29.4 Å². The van der Waals surface area contributed by atoms with Gasteiger partial charge in [-0.2, -0.15) is 18.4 Å². The Morgan fingerprint density at radius 1 is 1.31 bits per heavy atom. The number of rotatable bonds is 7. The molecule has 2 aromatic carbocycles. The van der Waals surface area contributed by atoms with Gasteiger partial charge in [0.2, 0.25) is 5.91 Å². The monoisotopic (exact) mass is 521 g/mol. The molecular formula is C24H19ClF3N3O3S. The Hall–Kier alpha value is -3.42. The van der Waals surface area contributed by atoms with E-state index < -0.39 is 28.8 Å². The van der Waals surface area contributed by atoms with Crippen LogP contribution in [-0.4, -0.2) is 30.7 Å². The number of amides is 2. The lowest BCUT2D eigenvalue weighted by molar-refractivity contribution is -0.137. The number of carbonyl (C=O) groups is 2. The lowest BCUT2D eigenvalue weighted by Gasteiger charge is -2.19. The molecule has 0 aromatic heterocycles. The van der Waals surface area contributed by atoms with Crippen LogP contribution >= 0.6 is 23.4 Å². The van der Waals surface area contributed by atoms with Crippen LogP contribution in [0.5, 0.6) is 5.75 Å². The molecule has 0 radical (unpaired) electrons. The topological polar surface area (TPSA) is 82.4 Å². The van der Waals surface area contributed by atoms with E-state index in [0.29, 0.717) is 11.4 Å². The molecule has 11 heteroatoms. The first kappa shape index (κ1) is 26.2. The molecule has 1 atom stereocenters. The number of thioether (sulfide) groups is 1. The number of carbonyl (C=O) groups excluding carboxylic acids is 2. The van der Waals surface area contributed by atoms with Gasteiger partial charge in [0.25, 0.3) is 5.91 Å². The molecule has 35 heavy (non-hydrogen) atoms. The number of methoxy groups -OCH3 is 1. The quantitative estimate of drug-likeness (QED) is 0.311. The summed E-state index contributed by atoms with van der Waals surface area (Å²) in [7, 11) is 1.48. The minimum Gasteiger partial charge on any atom is -0.497 e. The Morgan fingerprint density at radius 2 is 2.00 bits per heavy atom. The maximum absolute atomic E-state index is 13.4. The van der Waals surface area contributed by atoms with Crippen LogP contribution in [0, 0.1) is 11.3 Å². The van der Waals surface area contributed by atoms with Gasteiger partial charge in [-0.3, -0.25) is 14.5 Å². The van der Waals surface area contributed by atoms with Gasteiger partial charge in [-0.25, -0.2) is 0 Å². The molecule has 3 rings (SSSR count). The van der Waals surface area contributed by atoms with Gasteiger partial charge in [0.15, 0.2) is 0 Å². The average Bonchev–Trinajstić information content (AvgIpc) is 3.14. The van der Waals surface area contributed by atoms with Gasteiger partial charge in [-0.05, 0) is 54.4 Å². The average molecular weight is 522 g/mol. The van der Waals surface area contributed by atoms with Crippen molar-refractivity contribution < 1.29 is 27.5 Å². The summed E-state index contributed by atoms with van der Waals surface area (Å²) in [6.45, 7) is 3.61. The summed E-state index contributed by atoms with van der Waals surface area (Å²) in [5, 5.41) is 11.4. The van der Waals surface area contributed by atoms with Crippen LogP contribution in [0.1, 0.15) is 11.1 Å². The maximum Gasteiger partial charge on any atom is 0.416 e. The van der Waals surface area contributed by atoms with E-state index in [1.807, 2.05) is 6.07 Å². The number of ether oxygens (including phenoxy) is 1. The summed E-state index contributed by atoms with van der Waals surface area (Å²) in [6, 6.07) is 11.1. The zero-order valence-corrected chi connectivity index (χ0v) is 19.9. The Morgan fingerprint density at radius 3 is 2.57 bits per heavy atom. The van der Waals surface area contributed by atoms with E-state index in [4.69, 9.17) is 16.3 Å². The van der Waals surface area contributed by atoms with Crippen LogP contribution in [-0.2, 0) is 22.2 Å². The van der Waals surface area contributed by atoms with Gasteiger partial charge < -0.3 is 10.1 Å². The second-order valence-electron chi connectivity index (χ2n) is 7.28. The number of hydrogen-bond donors (Lipinski definition) is 1. The number of nitrogens with one attached hydrogen (secondary N) is 1. The zero-order chi connectivity index (χ0) is 25.8. The Kier molecular flexibility index (Phi) is 8.14. The lowest BCUT2D eigenvalue weighted by atomic mass is 10.0. The molecule has 2 amide bonds. The molecule has 1 heterocycles. The van der Waals surface area contributed by atoms with Crippen molar-refractivity contribution in [2.75, 3.05) is 18.6 Å². The molecule has 1 fully saturated rings. The summed E-state index contributed by atoms with van der Waals surface area (Å²) in [5.41, 5.74) is -0.714. The van der Waals surface area contributed by atoms with Crippen molar-refractivity contribution in [1.82, 2.24) is 5.32 Å². The third-order valence-corrected chi connectivity index (χ3v) is 6.65. The van der Waals surface area contributed by atoms with E-state index >= 15 is 0 Å². The highest BCUT2D eigenvalue weighted by Gasteiger charge is 2.41. The number of halogens is 4. The number of anilines is 1. The smallest absolute Gasteiger partial charge is 0.416 e. The number of nitrogens with zero attached hydrogens (tertiary/aromatic N) is 2. The predicted octanol–water partition coefficient (Wildman–Crippen LogP) is 5.10. The van der Waals surface area contributed by atoms with Crippen molar-refractivity contribution in [2.45, 2.75) is 17.8 Å². The molecule has 1 unspecified atom stereocenters. The molecule has 0 spiro atoms. The van der Waals surface area contributed by atoms with Crippen molar-refractivity contribution in [3.05, 3.63) is 81.9 Å². The SMILES string of the molecule is C=CCNC(=O)/C(C#N)=C1\SC(Cc2cc(C(F)(F)F)ccc2Cl)C(=O)N1c1ccc(OC)cc1. The number of hydrogen-bond acceptors (Lipinski definition) is 5. The van der Waals surface area contributed by atoms with Gasteiger partial charge in [0.1, 0.15) is 22.4 Å². The van der Waals surface area contributed by atoms with E-state index in [9.17, 15) is 28.0 Å². The number of alkyl halides is 3. The second kappa shape index (κ2) is 10.9. The third kappa shape index (κ3) is 5.81. The van der Waals surface area contributed by atoms with Crippen LogP contribution in [0.3, 0.4) is 0 Å². The largest absolute Gasteiger partial charge is 0.497 e. The molecule has 182 valence electrons. The zero-order valence-electron chi connectivity index (χ0n) is 18.4. The second-order valence-corrected chi connectivity index (χ2v) is 8.88. The molecule has 2 aromatic rings. The van der Waals surface area contributed by atoms with Gasteiger partial charge >= 0.3 is 6.18 Å². The van der Waals surface area contributed by atoms with E-state index in [1.165, 1.54) is 18.1 Å². The highest BCUT2D eigenvalue weighted by Crippen LogP contribution is 2.43. The minimum atomic E-state index is -4.58. The molecule has 1 aliphatic rings. The standard InChI is InChI=1S/C24H19ClF3N3O3S/c1-3-10-30-21(32)18(13-29)23-31(16-5-7-17(34-2)8-6-16)22(33)20(35-23)12-14-11-15(24(26,27)28)4-9-19(14)25/h3-9,11,20H,1,10,12H2,2H3,(H,30,32)/b23-18-. The maximum atomic E-state index is 13.4. The molecule has 0 bridgehead atoms. The van der Waals surface area contributed by atoms with Crippen LogP contribution in [0.4, 0.5) is 18.9 Å². The van der Waals surface area contributed by atoms with Crippen molar-refractivity contribution in [3.63, 3.8) is 0 Å². The van der Waals surface area contributed by atoms with Gasteiger partial charge in [0, 0.05) is 17.3 Å². The van der Waals surface area contributed by atoms with E-state index in [1.54, 1.807) is 24.3 Å². The lowest BCUT2D eigenvalue weighted by Crippen LogP contribution is -2.32. The van der Waals surface area contributed by atoms with E-state index in [-0.39, 0.29) is 34.2 Å². The fourth-order valence-electron chi connectivity index (χ4n) is 3.31. The summed E-state index contributed by atoms with van der Waals surface area (Å²) in [5.74, 6) is -0.693. The van der Waals surface area contributed by atoms with Crippen LogP contribution in [0.2, 0.25) is 5.02 Å². The van der Waals surface area contributed by atoms with Crippen molar-refractivity contribution in [3.8, 4) is 11.8 Å². The molecule has 6 nitrogen and oxygen atoms in total. The van der Waals surface area contributed by atoms with Crippen LogP contribution in [0.25, 0.3) is 0 Å². The molecule has 1 N–H and O–H groups in total. The number of benzene rings is 2. The molecule has 0 aliphatic carbocycles.